The van der Waals surface area contributed by atoms with Crippen molar-refractivity contribution in [3.05, 3.63) is 114 Å². The number of fused-ring (bicyclic) bond motifs is 6. The molecule has 0 N–H and O–H groups in total. The van der Waals surface area contributed by atoms with E-state index in [1.54, 1.807) is 6.20 Å². The molecule has 0 bridgehead atoms. The van der Waals surface area contributed by atoms with Crippen LogP contribution in [-0.2, 0) is 0 Å². The maximum absolute atomic E-state index is 6.34. The van der Waals surface area contributed by atoms with Crippen LogP contribution < -0.4 is 4.74 Å². The zero-order valence-corrected chi connectivity index (χ0v) is 21.4. The second kappa shape index (κ2) is 8.56. The number of ether oxygens (including phenoxy) is 1. The largest absolute Gasteiger partial charge is 0.457 e. The molecule has 4 aromatic heterocycles. The number of aromatic nitrogens is 5. The molecule has 0 amide bonds. The van der Waals surface area contributed by atoms with Crippen LogP contribution in [0.1, 0.15) is 16.7 Å². The molecule has 38 heavy (non-hydrogen) atoms. The SMILES string of the molecule is Cc1cc(C)c(-c2ccn(-c3cccc(Oc4ccc5c6cccnc6n6ccnc6c5c4)c3)n2)c(C)c1. The van der Waals surface area contributed by atoms with Crippen LogP contribution in [0, 0.1) is 20.8 Å². The summed E-state index contributed by atoms with van der Waals surface area (Å²) in [4.78, 5) is 9.18. The Hall–Kier alpha value is -4.97. The molecule has 0 saturated carbocycles. The molecule has 0 fully saturated rings. The zero-order chi connectivity index (χ0) is 25.8. The molecule has 0 aliphatic carbocycles. The minimum atomic E-state index is 0.739. The van der Waals surface area contributed by atoms with Crippen LogP contribution in [0.15, 0.2) is 97.6 Å². The van der Waals surface area contributed by atoms with Crippen molar-refractivity contribution < 1.29 is 4.74 Å². The summed E-state index contributed by atoms with van der Waals surface area (Å²) in [5, 5.41) is 8.09. The van der Waals surface area contributed by atoms with E-state index in [1.165, 1.54) is 22.3 Å². The summed E-state index contributed by atoms with van der Waals surface area (Å²) in [7, 11) is 0. The fraction of sp³-hybridized carbons (Fsp3) is 0.0938. The quantitative estimate of drug-likeness (QED) is 0.236. The van der Waals surface area contributed by atoms with Crippen LogP contribution in [0.2, 0.25) is 0 Å². The molecule has 0 atom stereocenters. The van der Waals surface area contributed by atoms with E-state index in [0.29, 0.717) is 0 Å². The molecule has 0 saturated heterocycles. The average Bonchev–Trinajstić information content (AvgIpc) is 3.59. The molecule has 0 aliphatic rings. The predicted octanol–water partition coefficient (Wildman–Crippen LogP) is 7.61. The number of aryl methyl sites for hydroxylation is 3. The molecule has 0 spiro atoms. The van der Waals surface area contributed by atoms with Crippen molar-refractivity contribution in [2.24, 2.45) is 0 Å². The van der Waals surface area contributed by atoms with Crippen molar-refractivity contribution >= 4 is 27.5 Å². The van der Waals surface area contributed by atoms with E-state index in [4.69, 9.17) is 9.84 Å². The van der Waals surface area contributed by atoms with E-state index in [2.05, 4.69) is 61.1 Å². The van der Waals surface area contributed by atoms with Crippen molar-refractivity contribution in [2.45, 2.75) is 20.8 Å². The summed E-state index contributed by atoms with van der Waals surface area (Å²) in [5.74, 6) is 1.48. The van der Waals surface area contributed by atoms with Crippen LogP contribution in [-0.4, -0.2) is 24.1 Å². The molecule has 184 valence electrons. The Labute approximate surface area is 219 Å². The van der Waals surface area contributed by atoms with Gasteiger partial charge >= 0.3 is 0 Å². The number of benzene rings is 3. The highest BCUT2D eigenvalue weighted by atomic mass is 16.5. The van der Waals surface area contributed by atoms with Crippen LogP contribution in [0.5, 0.6) is 11.5 Å². The van der Waals surface area contributed by atoms with Crippen LogP contribution in [0.4, 0.5) is 0 Å². The molecule has 6 heteroatoms. The number of pyridine rings is 2. The molecular formula is C32H25N5O. The Morgan fingerprint density at radius 3 is 2.32 bits per heavy atom. The van der Waals surface area contributed by atoms with Crippen molar-refractivity contribution in [3.63, 3.8) is 0 Å². The lowest BCUT2D eigenvalue weighted by Gasteiger charge is -2.11. The van der Waals surface area contributed by atoms with Crippen molar-refractivity contribution in [1.82, 2.24) is 24.1 Å². The third kappa shape index (κ3) is 3.61. The first-order valence-electron chi connectivity index (χ1n) is 12.6. The van der Waals surface area contributed by atoms with Gasteiger partial charge in [0.2, 0.25) is 0 Å². The topological polar surface area (TPSA) is 57.2 Å². The maximum Gasteiger partial charge on any atom is 0.146 e. The minimum absolute atomic E-state index is 0.739. The number of nitrogens with zero attached hydrogens (tertiary/aromatic N) is 5. The molecule has 0 radical (unpaired) electrons. The Bertz CT molecular complexity index is 1980. The van der Waals surface area contributed by atoms with Gasteiger partial charge in [0, 0.05) is 47.2 Å². The first-order valence-corrected chi connectivity index (χ1v) is 12.6. The normalized spacial score (nSPS) is 11.6. The average molecular weight is 496 g/mol. The third-order valence-electron chi connectivity index (χ3n) is 7.02. The smallest absolute Gasteiger partial charge is 0.146 e. The second-order valence-corrected chi connectivity index (χ2v) is 9.72. The Morgan fingerprint density at radius 2 is 1.45 bits per heavy atom. The standard InChI is InChI=1S/C32H25N5O/c1-20-16-21(2)30(22(3)17-20)29-11-14-37(35-29)23-6-4-7-24(18-23)38-25-9-10-26-27-8-5-12-33-31(27)36-15-13-34-32(36)28(26)19-25/h4-19H,1-3H3. The predicted molar refractivity (Wildman–Crippen MR) is 151 cm³/mol. The van der Waals surface area contributed by atoms with Gasteiger partial charge in [0.25, 0.3) is 0 Å². The van der Waals surface area contributed by atoms with E-state index < -0.39 is 0 Å². The van der Waals surface area contributed by atoms with Gasteiger partial charge in [0.15, 0.2) is 0 Å². The van der Waals surface area contributed by atoms with E-state index in [1.807, 2.05) is 70.1 Å². The number of rotatable bonds is 4. The zero-order valence-electron chi connectivity index (χ0n) is 21.4. The lowest BCUT2D eigenvalue weighted by molar-refractivity contribution is 0.483. The van der Waals surface area contributed by atoms with E-state index in [-0.39, 0.29) is 0 Å². The first-order chi connectivity index (χ1) is 18.5. The molecule has 4 heterocycles. The summed E-state index contributed by atoms with van der Waals surface area (Å²) in [6.45, 7) is 6.41. The number of hydrogen-bond donors (Lipinski definition) is 0. The number of imidazole rings is 1. The molecule has 3 aromatic carbocycles. The summed E-state index contributed by atoms with van der Waals surface area (Å²) in [6, 6.07) is 24.6. The molecule has 0 aliphatic heterocycles. The van der Waals surface area contributed by atoms with Gasteiger partial charge in [-0.25, -0.2) is 14.6 Å². The van der Waals surface area contributed by atoms with E-state index >= 15 is 0 Å². The fourth-order valence-electron chi connectivity index (χ4n) is 5.49. The molecule has 7 rings (SSSR count). The number of hydrogen-bond acceptors (Lipinski definition) is 4. The fourth-order valence-corrected chi connectivity index (χ4v) is 5.49. The van der Waals surface area contributed by atoms with Gasteiger partial charge < -0.3 is 4.74 Å². The van der Waals surface area contributed by atoms with Gasteiger partial charge in [-0.05, 0) is 85.8 Å². The van der Waals surface area contributed by atoms with Gasteiger partial charge in [0.05, 0.1) is 11.4 Å². The Kier molecular flexibility index (Phi) is 5.01. The van der Waals surface area contributed by atoms with Gasteiger partial charge in [-0.15, -0.1) is 0 Å². The van der Waals surface area contributed by atoms with Crippen LogP contribution >= 0.6 is 0 Å². The van der Waals surface area contributed by atoms with Crippen LogP contribution in [0.3, 0.4) is 0 Å². The molecule has 0 unspecified atom stereocenters. The highest BCUT2D eigenvalue weighted by Gasteiger charge is 2.13. The molecular weight excluding hydrogens is 470 g/mol. The minimum Gasteiger partial charge on any atom is -0.457 e. The van der Waals surface area contributed by atoms with Crippen molar-refractivity contribution in [1.29, 1.82) is 0 Å². The monoisotopic (exact) mass is 495 g/mol. The Morgan fingerprint density at radius 1 is 0.658 bits per heavy atom. The van der Waals surface area contributed by atoms with Gasteiger partial charge in [-0.1, -0.05) is 23.8 Å². The highest BCUT2D eigenvalue weighted by Crippen LogP contribution is 2.33. The van der Waals surface area contributed by atoms with Gasteiger partial charge in [-0.2, -0.15) is 5.10 Å². The summed E-state index contributed by atoms with van der Waals surface area (Å²) in [5.41, 5.74) is 8.56. The highest BCUT2D eigenvalue weighted by molar-refractivity contribution is 6.11. The van der Waals surface area contributed by atoms with E-state index in [9.17, 15) is 0 Å². The molecule has 6 nitrogen and oxygen atoms in total. The van der Waals surface area contributed by atoms with Crippen molar-refractivity contribution in [2.75, 3.05) is 0 Å². The summed E-state index contributed by atoms with van der Waals surface area (Å²) >= 11 is 0. The van der Waals surface area contributed by atoms with E-state index in [0.717, 1.165) is 50.3 Å². The Balaban J connectivity index is 1.24. The lowest BCUT2D eigenvalue weighted by Crippen LogP contribution is -1.97. The molecule has 7 aromatic rings. The lowest BCUT2D eigenvalue weighted by atomic mass is 9.98. The van der Waals surface area contributed by atoms with Crippen LogP contribution in [0.25, 0.3) is 44.4 Å². The second-order valence-electron chi connectivity index (χ2n) is 9.72. The van der Waals surface area contributed by atoms with Crippen molar-refractivity contribution in [3.8, 4) is 28.4 Å². The first kappa shape index (κ1) is 22.2. The summed E-state index contributed by atoms with van der Waals surface area (Å²) < 4.78 is 10.3. The van der Waals surface area contributed by atoms with Gasteiger partial charge in [0.1, 0.15) is 22.8 Å². The summed E-state index contributed by atoms with van der Waals surface area (Å²) in [6.07, 6.45) is 7.55. The van der Waals surface area contributed by atoms with Gasteiger partial charge in [-0.3, -0.25) is 4.40 Å². The maximum atomic E-state index is 6.34. The third-order valence-corrected chi connectivity index (χ3v) is 7.02.